The van der Waals surface area contributed by atoms with Crippen molar-refractivity contribution in [3.05, 3.63) is 35.9 Å². The van der Waals surface area contributed by atoms with Crippen LogP contribution in [0.5, 0.6) is 0 Å². The first-order valence-electron chi connectivity index (χ1n) is 11.3. The van der Waals surface area contributed by atoms with Gasteiger partial charge in [-0.3, -0.25) is 14.8 Å². The number of guanidine groups is 1. The van der Waals surface area contributed by atoms with E-state index in [2.05, 4.69) is 71.2 Å². The van der Waals surface area contributed by atoms with Gasteiger partial charge in [0.15, 0.2) is 5.96 Å². The average molecular weight is 400 g/mol. The molecule has 2 saturated heterocycles. The topological polar surface area (TPSA) is 43.3 Å². The number of nitrogens with one attached hydrogen (secondary N) is 1. The molecule has 0 amide bonds. The fourth-order valence-electron chi connectivity index (χ4n) is 4.56. The molecule has 29 heavy (non-hydrogen) atoms. The van der Waals surface area contributed by atoms with E-state index >= 15 is 0 Å². The molecule has 3 fully saturated rings. The predicted molar refractivity (Wildman–Crippen MR) is 118 cm³/mol. The Morgan fingerprint density at radius 1 is 1.28 bits per heavy atom. The number of likely N-dealkylation sites (tertiary alicyclic amines) is 1. The van der Waals surface area contributed by atoms with Crippen molar-refractivity contribution in [2.45, 2.75) is 57.5 Å². The van der Waals surface area contributed by atoms with Crippen LogP contribution in [0.15, 0.2) is 35.3 Å². The maximum Gasteiger partial charge on any atom is 0.194 e. The molecule has 1 saturated carbocycles. The van der Waals surface area contributed by atoms with E-state index in [0.29, 0.717) is 12.1 Å². The molecule has 1 N–H and O–H groups in total. The quantitative estimate of drug-likeness (QED) is 0.561. The number of benzene rings is 1. The molecule has 0 aromatic heterocycles. The van der Waals surface area contributed by atoms with Gasteiger partial charge >= 0.3 is 0 Å². The molecule has 0 spiro atoms. The third-order valence-electron chi connectivity index (χ3n) is 6.60. The Kier molecular flexibility index (Phi) is 6.73. The summed E-state index contributed by atoms with van der Waals surface area (Å²) in [6.45, 7) is 10.9. The molecule has 1 aliphatic carbocycles. The van der Waals surface area contributed by atoms with E-state index in [1.807, 2.05) is 0 Å². The van der Waals surface area contributed by atoms with E-state index in [-0.39, 0.29) is 6.10 Å². The van der Waals surface area contributed by atoms with Gasteiger partial charge < -0.3 is 15.0 Å². The number of morpholine rings is 1. The summed E-state index contributed by atoms with van der Waals surface area (Å²) < 4.78 is 6.16. The van der Waals surface area contributed by atoms with Gasteiger partial charge in [-0.05, 0) is 39.3 Å². The maximum atomic E-state index is 6.16. The summed E-state index contributed by atoms with van der Waals surface area (Å²) in [5.41, 5.74) is 1.38. The first-order valence-corrected chi connectivity index (χ1v) is 11.3. The number of nitrogens with zero attached hydrogens (tertiary/aromatic N) is 4. The summed E-state index contributed by atoms with van der Waals surface area (Å²) in [6.07, 6.45) is 2.95. The lowest BCUT2D eigenvalue weighted by Gasteiger charge is -2.36. The van der Waals surface area contributed by atoms with Crippen LogP contribution in [-0.4, -0.2) is 91.3 Å². The Morgan fingerprint density at radius 3 is 2.79 bits per heavy atom. The van der Waals surface area contributed by atoms with Crippen LogP contribution in [0.2, 0.25) is 0 Å². The Morgan fingerprint density at radius 2 is 2.07 bits per heavy atom. The summed E-state index contributed by atoms with van der Waals surface area (Å²) >= 11 is 0. The van der Waals surface area contributed by atoms with Crippen molar-refractivity contribution in [2.24, 2.45) is 4.99 Å². The second-order valence-corrected chi connectivity index (χ2v) is 8.78. The van der Waals surface area contributed by atoms with Crippen molar-refractivity contribution in [3.8, 4) is 0 Å². The molecule has 3 unspecified atom stereocenters. The number of hydrogen-bond donors (Lipinski definition) is 1. The second kappa shape index (κ2) is 9.45. The third kappa shape index (κ3) is 5.11. The molecule has 2 aliphatic heterocycles. The van der Waals surface area contributed by atoms with Crippen LogP contribution in [0.25, 0.3) is 0 Å². The second-order valence-electron chi connectivity index (χ2n) is 8.78. The van der Waals surface area contributed by atoms with Crippen molar-refractivity contribution < 1.29 is 4.74 Å². The molecule has 1 aromatic carbocycles. The van der Waals surface area contributed by atoms with Gasteiger partial charge in [0.25, 0.3) is 0 Å². The minimum absolute atomic E-state index is 0.267. The van der Waals surface area contributed by atoms with Crippen molar-refractivity contribution in [1.82, 2.24) is 20.0 Å². The Balaban J connectivity index is 1.40. The molecule has 3 aliphatic rings. The van der Waals surface area contributed by atoms with Crippen molar-refractivity contribution in [2.75, 3.05) is 46.4 Å². The molecular weight excluding hydrogens is 362 g/mol. The lowest BCUT2D eigenvalue weighted by Crippen LogP contribution is -2.50. The number of hydrogen-bond acceptors (Lipinski definition) is 4. The van der Waals surface area contributed by atoms with Crippen LogP contribution >= 0.6 is 0 Å². The summed E-state index contributed by atoms with van der Waals surface area (Å²) in [5.74, 6) is 1.04. The van der Waals surface area contributed by atoms with Crippen molar-refractivity contribution in [1.29, 1.82) is 0 Å². The van der Waals surface area contributed by atoms with Crippen LogP contribution in [0.4, 0.5) is 0 Å². The minimum atomic E-state index is 0.267. The summed E-state index contributed by atoms with van der Waals surface area (Å²) in [5, 5.41) is 3.52. The highest BCUT2D eigenvalue weighted by Gasteiger charge is 2.41. The molecule has 0 bridgehead atoms. The minimum Gasteiger partial charge on any atom is -0.373 e. The fraction of sp³-hybridized carbons (Fsp3) is 0.696. The van der Waals surface area contributed by atoms with Crippen molar-refractivity contribution >= 4 is 5.96 Å². The standard InChI is InChI=1S/C23H37N5O/c1-4-24-23(25-14-18(2)26(3)20-10-11-20)28-16-21-22(17-28)29-13-12-27(21)15-19-8-6-5-7-9-19/h5-9,18,20-22H,4,10-17H2,1-3H3,(H,24,25). The van der Waals surface area contributed by atoms with Crippen LogP contribution in [0.3, 0.4) is 0 Å². The van der Waals surface area contributed by atoms with E-state index in [9.17, 15) is 0 Å². The predicted octanol–water partition coefficient (Wildman–Crippen LogP) is 2.02. The normalized spacial score (nSPS) is 26.6. The monoisotopic (exact) mass is 399 g/mol. The van der Waals surface area contributed by atoms with Gasteiger partial charge in [-0.1, -0.05) is 30.3 Å². The number of rotatable bonds is 7. The zero-order chi connectivity index (χ0) is 20.2. The van der Waals surface area contributed by atoms with E-state index in [0.717, 1.165) is 57.9 Å². The van der Waals surface area contributed by atoms with Gasteiger partial charge in [0.1, 0.15) is 0 Å². The molecule has 6 nitrogen and oxygen atoms in total. The highest BCUT2D eigenvalue weighted by molar-refractivity contribution is 5.80. The molecule has 0 radical (unpaired) electrons. The van der Waals surface area contributed by atoms with Crippen LogP contribution < -0.4 is 5.32 Å². The summed E-state index contributed by atoms with van der Waals surface area (Å²) in [4.78, 5) is 12.5. The first kappa shape index (κ1) is 20.6. The zero-order valence-electron chi connectivity index (χ0n) is 18.3. The van der Waals surface area contributed by atoms with Gasteiger partial charge in [0.2, 0.25) is 0 Å². The SMILES string of the molecule is CCNC(=NCC(C)N(C)C1CC1)N1CC2OCCN(Cc3ccccc3)C2C1. The fourth-order valence-corrected chi connectivity index (χ4v) is 4.56. The van der Waals surface area contributed by atoms with Gasteiger partial charge in [0.05, 0.1) is 25.3 Å². The molecule has 6 heteroatoms. The van der Waals surface area contributed by atoms with E-state index in [4.69, 9.17) is 9.73 Å². The number of likely N-dealkylation sites (N-methyl/N-ethyl adjacent to an activating group) is 1. The molecule has 160 valence electrons. The van der Waals surface area contributed by atoms with Gasteiger partial charge in [0, 0.05) is 44.8 Å². The Hall–Kier alpha value is -1.63. The smallest absolute Gasteiger partial charge is 0.194 e. The molecule has 4 rings (SSSR count). The van der Waals surface area contributed by atoms with Crippen LogP contribution in [0, 0.1) is 0 Å². The molecule has 3 atom stereocenters. The van der Waals surface area contributed by atoms with Crippen LogP contribution in [0.1, 0.15) is 32.3 Å². The zero-order valence-corrected chi connectivity index (χ0v) is 18.3. The highest BCUT2D eigenvalue weighted by atomic mass is 16.5. The van der Waals surface area contributed by atoms with Crippen LogP contribution in [-0.2, 0) is 11.3 Å². The highest BCUT2D eigenvalue weighted by Crippen LogP contribution is 2.27. The maximum absolute atomic E-state index is 6.16. The third-order valence-corrected chi connectivity index (χ3v) is 6.60. The Bertz CT molecular complexity index is 677. The molecular formula is C23H37N5O. The van der Waals surface area contributed by atoms with Gasteiger partial charge in [-0.2, -0.15) is 0 Å². The lowest BCUT2D eigenvalue weighted by molar-refractivity contribution is -0.0502. The number of fused-ring (bicyclic) bond motifs is 1. The average Bonchev–Trinajstić information content (AvgIpc) is 3.49. The lowest BCUT2D eigenvalue weighted by atomic mass is 10.1. The van der Waals surface area contributed by atoms with E-state index in [1.165, 1.54) is 18.4 Å². The molecule has 2 heterocycles. The van der Waals surface area contributed by atoms with Gasteiger partial charge in [-0.25, -0.2) is 0 Å². The summed E-state index contributed by atoms with van der Waals surface area (Å²) in [7, 11) is 2.24. The van der Waals surface area contributed by atoms with Crippen molar-refractivity contribution in [3.63, 3.8) is 0 Å². The molecule has 1 aromatic rings. The number of ether oxygens (including phenoxy) is 1. The van der Waals surface area contributed by atoms with Gasteiger partial charge in [-0.15, -0.1) is 0 Å². The number of aliphatic imine (C=N–C) groups is 1. The Labute approximate surface area is 175 Å². The van der Waals surface area contributed by atoms with E-state index < -0.39 is 0 Å². The largest absolute Gasteiger partial charge is 0.373 e. The van der Waals surface area contributed by atoms with E-state index in [1.54, 1.807) is 0 Å². The first-order chi connectivity index (χ1) is 14.2. The summed E-state index contributed by atoms with van der Waals surface area (Å²) in [6, 6.07) is 12.5.